The second-order valence-corrected chi connectivity index (χ2v) is 6.71. The lowest BCUT2D eigenvalue weighted by Gasteiger charge is -2.23. The maximum absolute atomic E-state index is 13.3. The molecule has 0 N–H and O–H groups in total. The van der Waals surface area contributed by atoms with Crippen molar-refractivity contribution in [3.05, 3.63) is 41.3 Å². The van der Waals surface area contributed by atoms with E-state index in [0.717, 1.165) is 4.31 Å². The summed E-state index contributed by atoms with van der Waals surface area (Å²) in [4.78, 5) is 21.0. The minimum absolute atomic E-state index is 0.0885. The van der Waals surface area contributed by atoms with E-state index < -0.39 is 23.1 Å². The topological polar surface area (TPSA) is 95.5 Å². The Balaban J connectivity index is 2.79. The number of nitrogens with zero attached hydrogens (tertiary/aromatic N) is 3. The molecule has 0 bridgehead atoms. The van der Waals surface area contributed by atoms with Crippen molar-refractivity contribution < 1.29 is 22.7 Å². The van der Waals surface area contributed by atoms with Gasteiger partial charge in [-0.2, -0.15) is 0 Å². The van der Waals surface area contributed by atoms with Gasteiger partial charge in [-0.05, 0) is 37.1 Å². The first-order chi connectivity index (χ1) is 12.3. The molecule has 2 aromatic rings. The highest BCUT2D eigenvalue weighted by atomic mass is 32.2. The lowest BCUT2D eigenvalue weighted by atomic mass is 9.98. The minimum Gasteiger partial charge on any atom is -0.755 e. The Morgan fingerprint density at radius 2 is 1.92 bits per heavy atom. The Morgan fingerprint density at radius 1 is 1.31 bits per heavy atom. The van der Waals surface area contributed by atoms with Crippen LogP contribution >= 0.6 is 0 Å². The highest BCUT2D eigenvalue weighted by Crippen LogP contribution is 2.30. The largest absolute Gasteiger partial charge is 0.755 e. The number of anilines is 1. The molecule has 0 saturated heterocycles. The number of rotatable bonds is 6. The zero-order chi connectivity index (χ0) is 19.4. The smallest absolute Gasteiger partial charge is 0.342 e. The molecule has 0 aliphatic heterocycles. The van der Waals surface area contributed by atoms with E-state index in [9.17, 15) is 17.9 Å². The van der Waals surface area contributed by atoms with Gasteiger partial charge in [-0.15, -0.1) is 0 Å². The summed E-state index contributed by atoms with van der Waals surface area (Å²) >= 11 is -2.59. The average Bonchev–Trinajstić information content (AvgIpc) is 2.60. The number of hydrogen-bond acceptors (Lipinski definition) is 6. The maximum Gasteiger partial charge on any atom is 0.342 e. The molecule has 7 nitrogen and oxygen atoms in total. The average molecular weight is 380 g/mol. The molecule has 0 aliphatic rings. The number of esters is 1. The number of hydrogen-bond donors (Lipinski definition) is 0. The third-order valence-corrected chi connectivity index (χ3v) is 4.19. The standard InChI is InChI=1S/C17H20FN3O4S/c1-5-25-16(22)13-14(10(2)3)19-17(21(4)26(23)24)20-15(13)11-6-8-12(18)9-7-11/h6-10H,5H2,1-4H3,(H,23,24)/p-1. The van der Waals surface area contributed by atoms with E-state index >= 15 is 0 Å². The lowest BCUT2D eigenvalue weighted by molar-refractivity contribution is 0.0524. The number of carbonyl (C=O) groups excluding carboxylic acids is 1. The van der Waals surface area contributed by atoms with Gasteiger partial charge < -0.3 is 9.29 Å². The summed E-state index contributed by atoms with van der Waals surface area (Å²) in [5, 5.41) is 0. The summed E-state index contributed by atoms with van der Waals surface area (Å²) in [6.07, 6.45) is 0. The first-order valence-corrected chi connectivity index (χ1v) is 8.97. The Kier molecular flexibility index (Phi) is 6.38. The molecule has 0 radical (unpaired) electrons. The molecule has 26 heavy (non-hydrogen) atoms. The van der Waals surface area contributed by atoms with Crippen LogP contribution in [0.5, 0.6) is 0 Å². The lowest BCUT2D eigenvalue weighted by Crippen LogP contribution is -2.24. The van der Waals surface area contributed by atoms with E-state index in [2.05, 4.69) is 9.97 Å². The highest BCUT2D eigenvalue weighted by Gasteiger charge is 2.26. The van der Waals surface area contributed by atoms with E-state index in [1.165, 1.54) is 31.3 Å². The summed E-state index contributed by atoms with van der Waals surface area (Å²) in [6.45, 7) is 5.47. The van der Waals surface area contributed by atoms with Crippen molar-refractivity contribution in [2.45, 2.75) is 26.7 Å². The van der Waals surface area contributed by atoms with Gasteiger partial charge in [0.05, 0.1) is 18.0 Å². The third-order valence-electron chi connectivity index (χ3n) is 3.57. The molecule has 9 heteroatoms. The van der Waals surface area contributed by atoms with Gasteiger partial charge in [0.15, 0.2) is 0 Å². The van der Waals surface area contributed by atoms with E-state index in [4.69, 9.17) is 4.74 Å². The maximum atomic E-state index is 13.3. The molecule has 1 aromatic heterocycles. The minimum atomic E-state index is -2.59. The number of carbonyl (C=O) groups is 1. The molecule has 140 valence electrons. The van der Waals surface area contributed by atoms with Crippen molar-refractivity contribution >= 4 is 23.2 Å². The predicted octanol–water partition coefficient (Wildman–Crippen LogP) is 2.81. The molecule has 2 rings (SSSR count). The third kappa shape index (κ3) is 4.23. The van der Waals surface area contributed by atoms with E-state index in [0.29, 0.717) is 11.3 Å². The van der Waals surface area contributed by atoms with Crippen molar-refractivity contribution in [2.75, 3.05) is 18.0 Å². The molecule has 1 aromatic carbocycles. The van der Waals surface area contributed by atoms with Crippen LogP contribution in [0, 0.1) is 5.82 Å². The Morgan fingerprint density at radius 3 is 2.42 bits per heavy atom. The van der Waals surface area contributed by atoms with Crippen LogP contribution in [0.3, 0.4) is 0 Å². The van der Waals surface area contributed by atoms with Crippen LogP contribution in [0.1, 0.15) is 42.7 Å². The molecule has 0 amide bonds. The van der Waals surface area contributed by atoms with Crippen LogP contribution in [0.25, 0.3) is 11.3 Å². The number of aromatic nitrogens is 2. The van der Waals surface area contributed by atoms with Crippen molar-refractivity contribution in [3.63, 3.8) is 0 Å². The molecule has 1 heterocycles. The summed E-state index contributed by atoms with van der Waals surface area (Å²) in [5.74, 6) is -1.35. The van der Waals surface area contributed by atoms with Gasteiger partial charge in [0.2, 0.25) is 5.95 Å². The van der Waals surface area contributed by atoms with Gasteiger partial charge in [0.25, 0.3) is 0 Å². The van der Waals surface area contributed by atoms with Crippen LogP contribution in [0.4, 0.5) is 10.3 Å². The molecule has 0 fully saturated rings. The van der Waals surface area contributed by atoms with E-state index in [-0.39, 0.29) is 29.7 Å². The van der Waals surface area contributed by atoms with Gasteiger partial charge in [0.1, 0.15) is 11.4 Å². The number of halogens is 1. The number of ether oxygens (including phenoxy) is 1. The first-order valence-electron chi connectivity index (χ1n) is 7.94. The van der Waals surface area contributed by atoms with Gasteiger partial charge in [0, 0.05) is 23.9 Å². The van der Waals surface area contributed by atoms with Crippen LogP contribution in [0.2, 0.25) is 0 Å². The van der Waals surface area contributed by atoms with Crippen molar-refractivity contribution in [2.24, 2.45) is 0 Å². The molecule has 0 saturated carbocycles. The van der Waals surface area contributed by atoms with Gasteiger partial charge in [-0.25, -0.2) is 19.2 Å². The summed E-state index contributed by atoms with van der Waals surface area (Å²) in [6, 6.07) is 5.39. The molecule has 1 unspecified atom stereocenters. The van der Waals surface area contributed by atoms with Gasteiger partial charge in [-0.3, -0.25) is 8.51 Å². The SMILES string of the molecule is CCOC(=O)c1c(-c2ccc(F)cc2)nc(N(C)S(=O)[O-])nc1C(C)C. The Bertz CT molecular complexity index is 828. The van der Waals surface area contributed by atoms with Crippen molar-refractivity contribution in [1.82, 2.24) is 9.97 Å². The Labute approximate surface area is 153 Å². The number of benzene rings is 1. The second kappa shape index (κ2) is 8.33. The monoisotopic (exact) mass is 380 g/mol. The molecular weight excluding hydrogens is 361 g/mol. The molecule has 1 atom stereocenters. The van der Waals surface area contributed by atoms with Crippen LogP contribution in [-0.2, 0) is 16.0 Å². The summed E-state index contributed by atoms with van der Waals surface area (Å²) in [7, 11) is 1.29. The van der Waals surface area contributed by atoms with Gasteiger partial charge in [-0.1, -0.05) is 13.8 Å². The normalized spacial score (nSPS) is 12.1. The van der Waals surface area contributed by atoms with Crippen LogP contribution in [-0.4, -0.2) is 38.4 Å². The van der Waals surface area contributed by atoms with E-state index in [1.54, 1.807) is 6.92 Å². The fourth-order valence-corrected chi connectivity index (χ4v) is 2.53. The summed E-state index contributed by atoms with van der Waals surface area (Å²) < 4.78 is 41.9. The zero-order valence-electron chi connectivity index (χ0n) is 14.9. The summed E-state index contributed by atoms with van der Waals surface area (Å²) in [5.41, 5.74) is 1.13. The zero-order valence-corrected chi connectivity index (χ0v) is 15.7. The van der Waals surface area contributed by atoms with Gasteiger partial charge >= 0.3 is 5.97 Å². The highest BCUT2D eigenvalue weighted by molar-refractivity contribution is 7.80. The van der Waals surface area contributed by atoms with Crippen molar-refractivity contribution in [1.29, 1.82) is 0 Å². The Hall–Kier alpha value is -2.39. The first kappa shape index (κ1) is 19.9. The molecule has 0 spiro atoms. The molecule has 0 aliphatic carbocycles. The molecular formula is C17H19FN3O4S-. The van der Waals surface area contributed by atoms with Crippen LogP contribution in [0.15, 0.2) is 24.3 Å². The van der Waals surface area contributed by atoms with Crippen LogP contribution < -0.4 is 4.31 Å². The second-order valence-electron chi connectivity index (χ2n) is 5.73. The van der Waals surface area contributed by atoms with Crippen molar-refractivity contribution in [3.8, 4) is 11.3 Å². The van der Waals surface area contributed by atoms with E-state index in [1.807, 2.05) is 13.8 Å². The predicted molar refractivity (Wildman–Crippen MR) is 94.8 cm³/mol. The quantitative estimate of drug-likeness (QED) is 0.565. The fraction of sp³-hybridized carbons (Fsp3) is 0.353. The fourth-order valence-electron chi connectivity index (χ4n) is 2.31.